The van der Waals surface area contributed by atoms with E-state index in [1.165, 1.54) is 23.0 Å². The van der Waals surface area contributed by atoms with Crippen LogP contribution < -0.4 is 16.0 Å². The van der Waals surface area contributed by atoms with E-state index < -0.39 is 18.1 Å². The van der Waals surface area contributed by atoms with Crippen LogP contribution in [-0.2, 0) is 32.0 Å². The number of carbonyl (C=O) groups excluding carboxylic acids is 4. The van der Waals surface area contributed by atoms with Gasteiger partial charge in [-0.2, -0.15) is 0 Å². The first-order valence-corrected chi connectivity index (χ1v) is 13.4. The lowest BCUT2D eigenvalue weighted by molar-refractivity contribution is -0.158. The Labute approximate surface area is 224 Å². The Morgan fingerprint density at radius 2 is 1.58 bits per heavy atom. The van der Waals surface area contributed by atoms with Crippen LogP contribution in [0.15, 0.2) is 48.5 Å². The molecule has 1 fully saturated rings. The van der Waals surface area contributed by atoms with Crippen molar-refractivity contribution in [1.29, 1.82) is 0 Å². The summed E-state index contributed by atoms with van der Waals surface area (Å²) in [6.45, 7) is 9.16. The maximum absolute atomic E-state index is 14.3. The molecule has 3 N–H and O–H groups in total. The number of amides is 4. The molecule has 8 heteroatoms. The van der Waals surface area contributed by atoms with Gasteiger partial charge in [-0.1, -0.05) is 50.2 Å². The van der Waals surface area contributed by atoms with Gasteiger partial charge in [-0.25, -0.2) is 0 Å². The minimum atomic E-state index is -0.989. The molecule has 8 nitrogen and oxygen atoms in total. The lowest BCUT2D eigenvalue weighted by Crippen LogP contribution is -2.67. The minimum Gasteiger partial charge on any atom is -0.352 e. The van der Waals surface area contributed by atoms with E-state index in [1.54, 1.807) is 24.3 Å². The summed E-state index contributed by atoms with van der Waals surface area (Å²) in [6.07, 6.45) is 1.83. The summed E-state index contributed by atoms with van der Waals surface area (Å²) in [5.41, 5.74) is 3.56. The molecule has 1 aliphatic carbocycles. The Morgan fingerprint density at radius 3 is 2.11 bits per heavy atom. The average Bonchev–Trinajstić information content (AvgIpc) is 3.27. The summed E-state index contributed by atoms with van der Waals surface area (Å²) in [4.78, 5) is 54.6. The van der Waals surface area contributed by atoms with Crippen molar-refractivity contribution in [3.8, 4) is 0 Å². The molecule has 38 heavy (non-hydrogen) atoms. The Balaban J connectivity index is 1.74. The van der Waals surface area contributed by atoms with E-state index in [-0.39, 0.29) is 41.5 Å². The van der Waals surface area contributed by atoms with E-state index in [9.17, 15) is 19.2 Å². The summed E-state index contributed by atoms with van der Waals surface area (Å²) in [5.74, 6) is -0.948. The fourth-order valence-electron chi connectivity index (χ4n) is 5.63. The van der Waals surface area contributed by atoms with Crippen molar-refractivity contribution in [2.75, 3.05) is 5.32 Å². The van der Waals surface area contributed by atoms with Gasteiger partial charge in [0.15, 0.2) is 0 Å². The number of carbonyl (C=O) groups is 4. The van der Waals surface area contributed by atoms with Crippen molar-refractivity contribution in [3.63, 3.8) is 0 Å². The van der Waals surface area contributed by atoms with Crippen LogP contribution in [0.2, 0.25) is 0 Å². The third-order valence-electron chi connectivity index (χ3n) is 7.21. The fraction of sp³-hybridized carbons (Fsp3) is 0.467. The van der Waals surface area contributed by atoms with Crippen molar-refractivity contribution in [2.45, 2.75) is 78.0 Å². The molecule has 2 aromatic carbocycles. The number of nitrogens with one attached hydrogen (secondary N) is 3. The molecule has 0 aromatic heterocycles. The van der Waals surface area contributed by atoms with Crippen LogP contribution in [-0.4, -0.2) is 46.7 Å². The number of benzene rings is 2. The second-order valence-corrected chi connectivity index (χ2v) is 11.2. The molecule has 0 bridgehead atoms. The van der Waals surface area contributed by atoms with E-state index in [2.05, 4.69) is 28.1 Å². The summed E-state index contributed by atoms with van der Waals surface area (Å²) in [6, 6.07) is 12.4. The fourth-order valence-corrected chi connectivity index (χ4v) is 5.63. The normalized spacial score (nSPS) is 20.3. The van der Waals surface area contributed by atoms with E-state index in [0.717, 1.165) is 0 Å². The minimum absolute atomic E-state index is 0.0812. The molecule has 4 rings (SSSR count). The van der Waals surface area contributed by atoms with Gasteiger partial charge in [0.1, 0.15) is 18.1 Å². The number of nitrogens with zero attached hydrogens (tertiary/aromatic N) is 1. The van der Waals surface area contributed by atoms with E-state index >= 15 is 0 Å². The first kappa shape index (κ1) is 27.4. The summed E-state index contributed by atoms with van der Waals surface area (Å²) in [5, 5.41) is 8.73. The Hall–Kier alpha value is -3.68. The number of piperazine rings is 1. The molecule has 0 saturated carbocycles. The first-order chi connectivity index (χ1) is 18.0. The third-order valence-corrected chi connectivity index (χ3v) is 7.21. The Kier molecular flexibility index (Phi) is 8.19. The quantitative estimate of drug-likeness (QED) is 0.498. The van der Waals surface area contributed by atoms with Gasteiger partial charge in [0.2, 0.25) is 23.6 Å². The number of anilines is 1. The third kappa shape index (κ3) is 5.90. The summed E-state index contributed by atoms with van der Waals surface area (Å²) < 4.78 is 0. The van der Waals surface area contributed by atoms with Crippen molar-refractivity contribution in [1.82, 2.24) is 15.5 Å². The van der Waals surface area contributed by atoms with Crippen LogP contribution in [0.3, 0.4) is 0 Å². The molecule has 2 aliphatic rings. The SMILES string of the molecule is CC(=O)Nc1ccc(C(C(=O)NC(C)C)N2C(=O)C(C3Cc4ccccc4C3)NC(=O)C2CC(C)C)cc1. The highest BCUT2D eigenvalue weighted by atomic mass is 16.2. The number of hydrogen-bond acceptors (Lipinski definition) is 4. The molecule has 3 unspecified atom stereocenters. The predicted molar refractivity (Wildman–Crippen MR) is 146 cm³/mol. The molecule has 1 heterocycles. The zero-order valence-electron chi connectivity index (χ0n) is 22.8. The second-order valence-electron chi connectivity index (χ2n) is 11.2. The van der Waals surface area contributed by atoms with E-state index in [0.29, 0.717) is 30.5 Å². The van der Waals surface area contributed by atoms with Crippen molar-refractivity contribution in [2.24, 2.45) is 11.8 Å². The van der Waals surface area contributed by atoms with Crippen LogP contribution in [0.25, 0.3) is 0 Å². The van der Waals surface area contributed by atoms with Gasteiger partial charge in [0.05, 0.1) is 0 Å². The van der Waals surface area contributed by atoms with Crippen molar-refractivity contribution >= 4 is 29.3 Å². The largest absolute Gasteiger partial charge is 0.352 e. The lowest BCUT2D eigenvalue weighted by Gasteiger charge is -2.45. The number of hydrogen-bond donors (Lipinski definition) is 3. The monoisotopic (exact) mass is 518 g/mol. The average molecular weight is 519 g/mol. The van der Waals surface area contributed by atoms with Gasteiger partial charge in [0.25, 0.3) is 0 Å². The molecular weight excluding hydrogens is 480 g/mol. The molecule has 202 valence electrons. The molecular formula is C30H38N4O4. The smallest absolute Gasteiger partial charge is 0.247 e. The molecule has 3 atom stereocenters. The van der Waals surface area contributed by atoms with Crippen LogP contribution in [0, 0.1) is 11.8 Å². The molecule has 0 spiro atoms. The highest BCUT2D eigenvalue weighted by Crippen LogP contribution is 2.35. The van der Waals surface area contributed by atoms with Gasteiger partial charge in [-0.3, -0.25) is 19.2 Å². The Bertz CT molecular complexity index is 1180. The molecule has 0 radical (unpaired) electrons. The molecule has 1 aliphatic heterocycles. The second kappa shape index (κ2) is 11.4. The van der Waals surface area contributed by atoms with Gasteiger partial charge in [0, 0.05) is 18.7 Å². The zero-order chi connectivity index (χ0) is 27.6. The highest BCUT2D eigenvalue weighted by Gasteiger charge is 2.49. The predicted octanol–water partition coefficient (Wildman–Crippen LogP) is 3.37. The number of fused-ring (bicyclic) bond motifs is 1. The molecule has 4 amide bonds. The first-order valence-electron chi connectivity index (χ1n) is 13.4. The van der Waals surface area contributed by atoms with Crippen LogP contribution in [0.5, 0.6) is 0 Å². The van der Waals surface area contributed by atoms with Crippen molar-refractivity contribution < 1.29 is 19.2 Å². The van der Waals surface area contributed by atoms with E-state index in [4.69, 9.17) is 0 Å². The van der Waals surface area contributed by atoms with Crippen LogP contribution in [0.1, 0.15) is 63.8 Å². The maximum atomic E-state index is 14.3. The molecule has 1 saturated heterocycles. The van der Waals surface area contributed by atoms with Gasteiger partial charge in [-0.05, 0) is 73.8 Å². The van der Waals surface area contributed by atoms with Crippen LogP contribution >= 0.6 is 0 Å². The zero-order valence-corrected chi connectivity index (χ0v) is 22.8. The summed E-state index contributed by atoms with van der Waals surface area (Å²) in [7, 11) is 0. The van der Waals surface area contributed by atoms with E-state index in [1.807, 2.05) is 39.8 Å². The van der Waals surface area contributed by atoms with Gasteiger partial charge in [-0.15, -0.1) is 0 Å². The Morgan fingerprint density at radius 1 is 0.974 bits per heavy atom. The number of rotatable bonds is 8. The lowest BCUT2D eigenvalue weighted by atomic mass is 9.88. The standard InChI is InChI=1S/C30H38N4O4/c1-17(2)14-25-28(36)33-26(23-15-21-8-6-7-9-22(21)16-23)30(38)34(25)27(29(37)31-18(3)4)20-10-12-24(13-11-20)32-19(5)35/h6-13,17-18,23,25-27H,14-16H2,1-5H3,(H,31,37)(H,32,35)(H,33,36). The molecule has 2 aromatic rings. The van der Waals surface area contributed by atoms with Gasteiger partial charge >= 0.3 is 0 Å². The summed E-state index contributed by atoms with van der Waals surface area (Å²) >= 11 is 0. The topological polar surface area (TPSA) is 108 Å². The maximum Gasteiger partial charge on any atom is 0.247 e. The van der Waals surface area contributed by atoms with Gasteiger partial charge < -0.3 is 20.9 Å². The highest BCUT2D eigenvalue weighted by molar-refractivity contribution is 6.00. The van der Waals surface area contributed by atoms with Crippen LogP contribution in [0.4, 0.5) is 5.69 Å². The van der Waals surface area contributed by atoms with Crippen molar-refractivity contribution in [3.05, 3.63) is 65.2 Å².